The van der Waals surface area contributed by atoms with Crippen LogP contribution in [0.2, 0.25) is 0 Å². The predicted octanol–water partition coefficient (Wildman–Crippen LogP) is 2.78. The number of likely N-dealkylation sites (N-methyl/N-ethyl adjacent to an activating group) is 1. The van der Waals surface area contributed by atoms with Crippen molar-refractivity contribution in [2.45, 2.75) is 0 Å². The number of benzene rings is 2. The van der Waals surface area contributed by atoms with Gasteiger partial charge >= 0.3 is 0 Å². The Kier molecular flexibility index (Phi) is 4.33. The van der Waals surface area contributed by atoms with Gasteiger partial charge in [0.15, 0.2) is 6.61 Å². The smallest absolute Gasteiger partial charge is 0.264 e. The molecular weight excluding hydrogens is 294 g/mol. The van der Waals surface area contributed by atoms with Crippen molar-refractivity contribution in [1.29, 1.82) is 0 Å². The van der Waals surface area contributed by atoms with Crippen molar-refractivity contribution in [3.05, 3.63) is 61.0 Å². The van der Waals surface area contributed by atoms with E-state index in [4.69, 9.17) is 9.15 Å². The fourth-order valence-corrected chi connectivity index (χ4v) is 2.06. The lowest BCUT2D eigenvalue weighted by molar-refractivity contribution is -0.120. The highest BCUT2D eigenvalue weighted by Crippen LogP contribution is 2.22. The van der Waals surface area contributed by atoms with Crippen molar-refractivity contribution in [3.63, 3.8) is 0 Å². The molecule has 0 N–H and O–H groups in total. The van der Waals surface area contributed by atoms with Crippen LogP contribution >= 0.6 is 0 Å². The van der Waals surface area contributed by atoms with Crippen molar-refractivity contribution < 1.29 is 13.9 Å². The summed E-state index contributed by atoms with van der Waals surface area (Å²) >= 11 is 0. The minimum absolute atomic E-state index is 0.0569. The maximum absolute atomic E-state index is 12.2. The van der Waals surface area contributed by atoms with Crippen LogP contribution in [0.4, 0.5) is 5.69 Å². The molecule has 6 heteroatoms. The molecule has 0 fully saturated rings. The van der Waals surface area contributed by atoms with Gasteiger partial charge < -0.3 is 14.1 Å². The zero-order chi connectivity index (χ0) is 16.1. The maximum atomic E-state index is 12.2. The van der Waals surface area contributed by atoms with E-state index in [1.54, 1.807) is 30.1 Å². The van der Waals surface area contributed by atoms with Crippen molar-refractivity contribution in [3.8, 4) is 17.2 Å². The fourth-order valence-electron chi connectivity index (χ4n) is 2.06. The van der Waals surface area contributed by atoms with Crippen LogP contribution in [0.1, 0.15) is 0 Å². The number of carbonyl (C=O) groups is 1. The first kappa shape index (κ1) is 14.8. The summed E-state index contributed by atoms with van der Waals surface area (Å²) in [5.41, 5.74) is 1.56. The molecule has 3 aromatic rings. The zero-order valence-corrected chi connectivity index (χ0v) is 12.5. The predicted molar refractivity (Wildman–Crippen MR) is 85.1 cm³/mol. The summed E-state index contributed by atoms with van der Waals surface area (Å²) in [7, 11) is 1.72. The van der Waals surface area contributed by atoms with Gasteiger partial charge in [0.25, 0.3) is 5.91 Å². The molecule has 0 unspecified atom stereocenters. The highest BCUT2D eigenvalue weighted by molar-refractivity contribution is 5.93. The number of hydrogen-bond acceptors (Lipinski definition) is 5. The summed E-state index contributed by atoms with van der Waals surface area (Å²) < 4.78 is 10.7. The van der Waals surface area contributed by atoms with Crippen LogP contribution in [-0.4, -0.2) is 29.8 Å². The average molecular weight is 309 g/mol. The summed E-state index contributed by atoms with van der Waals surface area (Å²) in [4.78, 5) is 13.7. The van der Waals surface area contributed by atoms with E-state index >= 15 is 0 Å². The Morgan fingerprint density at radius 2 is 2.00 bits per heavy atom. The Morgan fingerprint density at radius 3 is 2.74 bits per heavy atom. The van der Waals surface area contributed by atoms with Gasteiger partial charge in [0.1, 0.15) is 5.75 Å². The number of aromatic nitrogens is 2. The van der Waals surface area contributed by atoms with E-state index < -0.39 is 0 Å². The number of para-hydroxylation sites is 1. The van der Waals surface area contributed by atoms with Crippen LogP contribution in [0.15, 0.2) is 65.4 Å². The standard InChI is InChI=1S/C17H15N3O3/c1-20(14-7-3-2-4-8-14)16(21)11-22-15-9-5-6-13(10-15)17-19-18-12-23-17/h2-10,12H,11H2,1H3. The molecule has 23 heavy (non-hydrogen) atoms. The highest BCUT2D eigenvalue weighted by Gasteiger charge is 2.12. The fraction of sp³-hybridized carbons (Fsp3) is 0.118. The molecule has 1 aromatic heterocycles. The number of hydrogen-bond donors (Lipinski definition) is 0. The molecule has 0 radical (unpaired) electrons. The third-order valence-corrected chi connectivity index (χ3v) is 3.32. The van der Waals surface area contributed by atoms with E-state index in [9.17, 15) is 4.79 Å². The van der Waals surface area contributed by atoms with Crippen LogP contribution < -0.4 is 9.64 Å². The molecule has 0 bridgehead atoms. The first-order valence-electron chi connectivity index (χ1n) is 7.05. The molecule has 3 rings (SSSR count). The lowest BCUT2D eigenvalue weighted by atomic mass is 10.2. The number of nitrogens with zero attached hydrogens (tertiary/aromatic N) is 3. The molecule has 0 aliphatic rings. The third-order valence-electron chi connectivity index (χ3n) is 3.32. The van der Waals surface area contributed by atoms with Gasteiger partial charge in [-0.05, 0) is 30.3 Å². The second kappa shape index (κ2) is 6.74. The third kappa shape index (κ3) is 3.55. The van der Waals surface area contributed by atoms with E-state index in [0.717, 1.165) is 11.3 Å². The number of ether oxygens (including phenoxy) is 1. The maximum Gasteiger partial charge on any atom is 0.264 e. The summed E-state index contributed by atoms with van der Waals surface area (Å²) in [6.45, 7) is -0.0569. The van der Waals surface area contributed by atoms with E-state index in [1.807, 2.05) is 36.4 Å². The number of rotatable bonds is 5. The molecule has 0 saturated carbocycles. The number of carbonyl (C=O) groups excluding carboxylic acids is 1. The molecule has 0 atom stereocenters. The van der Waals surface area contributed by atoms with Crippen molar-refractivity contribution in [2.75, 3.05) is 18.6 Å². The Hall–Kier alpha value is -3.15. The van der Waals surface area contributed by atoms with Crippen LogP contribution in [0.5, 0.6) is 5.75 Å². The number of anilines is 1. The topological polar surface area (TPSA) is 68.5 Å². The molecule has 0 aliphatic carbocycles. The van der Waals surface area contributed by atoms with E-state index in [2.05, 4.69) is 10.2 Å². The largest absolute Gasteiger partial charge is 0.484 e. The van der Waals surface area contributed by atoms with Crippen molar-refractivity contribution in [2.24, 2.45) is 0 Å². The molecule has 0 aliphatic heterocycles. The molecule has 116 valence electrons. The van der Waals surface area contributed by atoms with Gasteiger partial charge in [-0.2, -0.15) is 0 Å². The Bertz CT molecular complexity index is 773. The van der Waals surface area contributed by atoms with Gasteiger partial charge in [0.05, 0.1) is 0 Å². The van der Waals surface area contributed by atoms with E-state index in [-0.39, 0.29) is 12.5 Å². The SMILES string of the molecule is CN(C(=O)COc1cccc(-c2nnco2)c1)c1ccccc1. The van der Waals surface area contributed by atoms with Crippen molar-refractivity contribution >= 4 is 11.6 Å². The van der Waals surface area contributed by atoms with Gasteiger partial charge in [-0.15, -0.1) is 10.2 Å². The summed E-state index contributed by atoms with van der Waals surface area (Å²) in [5, 5.41) is 7.48. The quantitative estimate of drug-likeness (QED) is 0.725. The zero-order valence-electron chi connectivity index (χ0n) is 12.5. The summed E-state index contributed by atoms with van der Waals surface area (Å²) in [6.07, 6.45) is 1.27. The van der Waals surface area contributed by atoms with E-state index in [1.165, 1.54) is 6.39 Å². The molecular formula is C17H15N3O3. The minimum atomic E-state index is -0.139. The Morgan fingerprint density at radius 1 is 1.17 bits per heavy atom. The summed E-state index contributed by atoms with van der Waals surface area (Å²) in [5.74, 6) is 0.832. The molecule has 6 nitrogen and oxygen atoms in total. The normalized spacial score (nSPS) is 10.3. The van der Waals surface area contributed by atoms with Gasteiger partial charge in [-0.3, -0.25) is 4.79 Å². The van der Waals surface area contributed by atoms with Crippen LogP contribution in [0, 0.1) is 0 Å². The molecule has 1 amide bonds. The number of amides is 1. The van der Waals surface area contributed by atoms with Gasteiger partial charge in [0.2, 0.25) is 12.3 Å². The van der Waals surface area contributed by atoms with Gasteiger partial charge in [-0.1, -0.05) is 24.3 Å². The van der Waals surface area contributed by atoms with Crippen LogP contribution in [-0.2, 0) is 4.79 Å². The second-order valence-electron chi connectivity index (χ2n) is 4.85. The van der Waals surface area contributed by atoms with E-state index in [0.29, 0.717) is 11.6 Å². The first-order chi connectivity index (χ1) is 11.2. The van der Waals surface area contributed by atoms with Gasteiger partial charge in [-0.25, -0.2) is 0 Å². The Labute approximate surface area is 133 Å². The molecule has 2 aromatic carbocycles. The summed E-state index contributed by atoms with van der Waals surface area (Å²) in [6, 6.07) is 16.6. The van der Waals surface area contributed by atoms with Crippen molar-refractivity contribution in [1.82, 2.24) is 10.2 Å². The van der Waals surface area contributed by atoms with Gasteiger partial charge in [0, 0.05) is 18.3 Å². The Balaban J connectivity index is 1.64. The first-order valence-corrected chi connectivity index (χ1v) is 7.05. The molecule has 1 heterocycles. The van der Waals surface area contributed by atoms with Crippen LogP contribution in [0.25, 0.3) is 11.5 Å². The van der Waals surface area contributed by atoms with Crippen LogP contribution in [0.3, 0.4) is 0 Å². The highest BCUT2D eigenvalue weighted by atomic mass is 16.5. The molecule has 0 saturated heterocycles. The molecule has 0 spiro atoms. The average Bonchev–Trinajstić information content (AvgIpc) is 3.15. The lowest BCUT2D eigenvalue weighted by Crippen LogP contribution is -2.31. The monoisotopic (exact) mass is 309 g/mol. The lowest BCUT2D eigenvalue weighted by Gasteiger charge is -2.17. The minimum Gasteiger partial charge on any atom is -0.484 e. The second-order valence-corrected chi connectivity index (χ2v) is 4.85.